The lowest BCUT2D eigenvalue weighted by molar-refractivity contribution is -0.135. The van der Waals surface area contributed by atoms with Gasteiger partial charge >= 0.3 is 5.97 Å². The first kappa shape index (κ1) is 19.8. The summed E-state index contributed by atoms with van der Waals surface area (Å²) in [5, 5.41) is 0.506. The van der Waals surface area contributed by atoms with Gasteiger partial charge in [0.05, 0.1) is 12.1 Å². The van der Waals surface area contributed by atoms with Gasteiger partial charge in [-0.15, -0.1) is 6.42 Å². The zero-order valence-electron chi connectivity index (χ0n) is 14.1. The second kappa shape index (κ2) is 9.28. The van der Waals surface area contributed by atoms with Crippen molar-refractivity contribution in [2.75, 3.05) is 7.11 Å². The van der Waals surface area contributed by atoms with Crippen LogP contribution < -0.4 is 0 Å². The van der Waals surface area contributed by atoms with Crippen LogP contribution >= 0.6 is 27.5 Å². The molecule has 5 heteroatoms. The second-order valence-electron chi connectivity index (χ2n) is 5.14. The van der Waals surface area contributed by atoms with Crippen molar-refractivity contribution in [3.63, 3.8) is 0 Å². The molecular weight excluding hydrogens is 416 g/mol. The van der Waals surface area contributed by atoms with Crippen LogP contribution in [0.15, 0.2) is 59.1 Å². The number of rotatable bonds is 6. The fraction of sp³-hybridized carbons (Fsp3) is 0.0952. The van der Waals surface area contributed by atoms with E-state index in [2.05, 4.69) is 28.4 Å². The van der Waals surface area contributed by atoms with Crippen LogP contribution in [0.5, 0.6) is 0 Å². The highest BCUT2D eigenvalue weighted by Gasteiger charge is 2.21. The Labute approximate surface area is 166 Å². The summed E-state index contributed by atoms with van der Waals surface area (Å²) < 4.78 is 11.4. The molecule has 2 aromatic carbocycles. The first-order valence-electron chi connectivity index (χ1n) is 7.60. The largest absolute Gasteiger partial charge is 0.487 e. The molecule has 3 nitrogen and oxygen atoms in total. The van der Waals surface area contributed by atoms with Gasteiger partial charge in [0.1, 0.15) is 6.61 Å². The lowest BCUT2D eigenvalue weighted by Crippen LogP contribution is -2.09. The molecule has 0 aliphatic heterocycles. The molecule has 0 saturated carbocycles. The van der Waals surface area contributed by atoms with Gasteiger partial charge in [-0.2, -0.15) is 0 Å². The normalized spacial score (nSPS) is 11.2. The summed E-state index contributed by atoms with van der Waals surface area (Å²) in [6.07, 6.45) is 7.18. The lowest BCUT2D eigenvalue weighted by Gasteiger charge is -2.17. The smallest absolute Gasteiger partial charge is 0.350 e. The Balaban J connectivity index is 2.60. The summed E-state index contributed by atoms with van der Waals surface area (Å²) in [5.74, 6) is 1.95. The molecule has 0 saturated heterocycles. The Morgan fingerprint density at radius 1 is 1.31 bits per heavy atom. The fourth-order valence-corrected chi connectivity index (χ4v) is 2.97. The number of hydrogen-bond acceptors (Lipinski definition) is 3. The predicted octanol–water partition coefficient (Wildman–Crippen LogP) is 5.48. The molecule has 0 aromatic heterocycles. The molecule has 132 valence electrons. The van der Waals surface area contributed by atoms with Gasteiger partial charge in [0, 0.05) is 15.6 Å². The van der Waals surface area contributed by atoms with E-state index in [-0.39, 0.29) is 17.9 Å². The van der Waals surface area contributed by atoms with Crippen molar-refractivity contribution < 1.29 is 14.3 Å². The predicted molar refractivity (Wildman–Crippen MR) is 108 cm³/mol. The zero-order valence-corrected chi connectivity index (χ0v) is 16.4. The van der Waals surface area contributed by atoms with Gasteiger partial charge in [0.15, 0.2) is 11.3 Å². The number of terminal acetylenes is 1. The first-order valence-corrected chi connectivity index (χ1v) is 8.77. The van der Waals surface area contributed by atoms with Gasteiger partial charge in [-0.1, -0.05) is 60.5 Å². The maximum atomic E-state index is 12.2. The third-order valence-corrected chi connectivity index (χ3v) is 4.97. The number of methoxy groups -OCH3 is 1. The van der Waals surface area contributed by atoms with Crippen LogP contribution in [0.4, 0.5) is 0 Å². The van der Waals surface area contributed by atoms with Crippen LogP contribution in [0.25, 0.3) is 11.8 Å². The van der Waals surface area contributed by atoms with Gasteiger partial charge < -0.3 is 9.47 Å². The average molecular weight is 432 g/mol. The van der Waals surface area contributed by atoms with Crippen molar-refractivity contribution in [3.05, 3.63) is 80.8 Å². The minimum atomic E-state index is -0.656. The molecule has 0 aliphatic carbocycles. The molecule has 26 heavy (non-hydrogen) atoms. The van der Waals surface area contributed by atoms with Crippen LogP contribution in [-0.2, 0) is 20.9 Å². The van der Waals surface area contributed by atoms with E-state index in [1.54, 1.807) is 18.2 Å². The molecule has 0 bridgehead atoms. The summed E-state index contributed by atoms with van der Waals surface area (Å²) in [7, 11) is 1.26. The highest BCUT2D eigenvalue weighted by atomic mass is 79.9. The summed E-state index contributed by atoms with van der Waals surface area (Å²) in [4.78, 5) is 12.2. The summed E-state index contributed by atoms with van der Waals surface area (Å²) in [5.41, 5.74) is 2.17. The number of hydrogen-bond donors (Lipinski definition) is 0. The van der Waals surface area contributed by atoms with E-state index < -0.39 is 5.97 Å². The molecule has 0 amide bonds. The van der Waals surface area contributed by atoms with Gasteiger partial charge in [-0.05, 0) is 33.6 Å². The van der Waals surface area contributed by atoms with Crippen molar-refractivity contribution in [3.8, 4) is 12.3 Å². The molecule has 0 atom stereocenters. The molecule has 0 aliphatic rings. The fourth-order valence-electron chi connectivity index (χ4n) is 2.30. The summed E-state index contributed by atoms with van der Waals surface area (Å²) in [6.45, 7) is 4.04. The Morgan fingerprint density at radius 3 is 2.58 bits per heavy atom. The Morgan fingerprint density at radius 2 is 2.00 bits per heavy atom. The van der Waals surface area contributed by atoms with Crippen LogP contribution in [-0.4, -0.2) is 13.1 Å². The standard InChI is InChI=1S/C21H16BrClO3/c1-4-15-17(11-12-18(23)19(15)22)20(16(5-2)21(24)25-3)26-13-14-9-7-6-8-10-14/h2,4,6-12H,1,13H2,3H3/b20-16-. The topological polar surface area (TPSA) is 35.5 Å². The molecule has 2 aromatic rings. The van der Waals surface area contributed by atoms with E-state index in [1.807, 2.05) is 30.3 Å². The third-order valence-electron chi connectivity index (χ3n) is 3.57. The lowest BCUT2D eigenvalue weighted by atomic mass is 10.0. The molecule has 0 heterocycles. The van der Waals surface area contributed by atoms with Crippen molar-refractivity contribution >= 4 is 45.3 Å². The van der Waals surface area contributed by atoms with E-state index >= 15 is 0 Å². The van der Waals surface area contributed by atoms with Gasteiger partial charge in [0.25, 0.3) is 0 Å². The number of benzene rings is 2. The van der Waals surface area contributed by atoms with Crippen molar-refractivity contribution in [2.24, 2.45) is 0 Å². The quantitative estimate of drug-likeness (QED) is 0.263. The molecule has 0 unspecified atom stereocenters. The molecule has 2 rings (SSSR count). The highest BCUT2D eigenvalue weighted by molar-refractivity contribution is 9.10. The Hall–Kier alpha value is -2.48. The van der Waals surface area contributed by atoms with Crippen LogP contribution in [0.1, 0.15) is 16.7 Å². The monoisotopic (exact) mass is 430 g/mol. The number of ether oxygens (including phenoxy) is 2. The van der Waals surface area contributed by atoms with E-state index in [1.165, 1.54) is 7.11 Å². The number of carbonyl (C=O) groups is 1. The van der Waals surface area contributed by atoms with E-state index in [0.717, 1.165) is 5.56 Å². The number of halogens is 2. The minimum Gasteiger partial charge on any atom is -0.487 e. The highest BCUT2D eigenvalue weighted by Crippen LogP contribution is 2.35. The van der Waals surface area contributed by atoms with E-state index in [4.69, 9.17) is 27.5 Å². The van der Waals surface area contributed by atoms with Crippen LogP contribution in [0.3, 0.4) is 0 Å². The van der Waals surface area contributed by atoms with Gasteiger partial charge in [-0.25, -0.2) is 4.79 Å². The molecule has 0 spiro atoms. The van der Waals surface area contributed by atoms with Crippen LogP contribution in [0.2, 0.25) is 5.02 Å². The minimum absolute atomic E-state index is 0.0132. The van der Waals surface area contributed by atoms with Crippen molar-refractivity contribution in [1.82, 2.24) is 0 Å². The summed E-state index contributed by atoms with van der Waals surface area (Å²) in [6, 6.07) is 13.0. The Bertz CT molecular complexity index is 895. The molecule has 0 N–H and O–H groups in total. The second-order valence-corrected chi connectivity index (χ2v) is 6.34. The first-order chi connectivity index (χ1) is 12.5. The number of esters is 1. The molecular formula is C21H16BrClO3. The third kappa shape index (κ3) is 4.37. The maximum Gasteiger partial charge on any atom is 0.350 e. The van der Waals surface area contributed by atoms with Crippen molar-refractivity contribution in [1.29, 1.82) is 0 Å². The zero-order chi connectivity index (χ0) is 19.1. The van der Waals surface area contributed by atoms with Gasteiger partial charge in [-0.3, -0.25) is 0 Å². The Kier molecular flexibility index (Phi) is 7.08. The van der Waals surface area contributed by atoms with Crippen LogP contribution in [0, 0.1) is 12.3 Å². The van der Waals surface area contributed by atoms with E-state index in [9.17, 15) is 4.79 Å². The van der Waals surface area contributed by atoms with Gasteiger partial charge in [0.2, 0.25) is 0 Å². The maximum absolute atomic E-state index is 12.2. The molecule has 0 fully saturated rings. The number of carbonyl (C=O) groups excluding carboxylic acids is 1. The van der Waals surface area contributed by atoms with E-state index in [0.29, 0.717) is 20.6 Å². The molecule has 0 radical (unpaired) electrons. The summed E-state index contributed by atoms with van der Waals surface area (Å²) >= 11 is 9.59. The van der Waals surface area contributed by atoms with Crippen molar-refractivity contribution in [2.45, 2.75) is 6.61 Å². The average Bonchev–Trinajstić information content (AvgIpc) is 2.67. The SMILES string of the molecule is C#C/C(C(=O)OC)=C(/OCc1ccccc1)c1ccc(Cl)c(Br)c1C=C.